The lowest BCUT2D eigenvalue weighted by Gasteiger charge is -2.04. The van der Waals surface area contributed by atoms with Crippen LogP contribution in [-0.2, 0) is 0 Å². The van der Waals surface area contributed by atoms with Crippen LogP contribution in [0, 0.1) is 0 Å². The van der Waals surface area contributed by atoms with Crippen LogP contribution in [0.1, 0.15) is 0 Å². The first kappa shape index (κ1) is 13.6. The summed E-state index contributed by atoms with van der Waals surface area (Å²) < 4.78 is 69.9. The first-order valence-corrected chi connectivity index (χ1v) is 3.68. The molecule has 0 atom stereocenters. The van der Waals surface area contributed by atoms with Gasteiger partial charge in [0.25, 0.3) is 0 Å². The molecule has 0 aromatic rings. The monoisotopic (exact) mass is 258 g/mol. The zero-order chi connectivity index (χ0) is 11.6. The van der Waals surface area contributed by atoms with Gasteiger partial charge in [0.05, 0.1) is 0 Å². The predicted octanol–water partition coefficient (Wildman–Crippen LogP) is 4.36. The largest absolute Gasteiger partial charge is 0.426 e. The Balaban J connectivity index is 4.73. The Labute approximate surface area is 84.8 Å². The molecule has 14 heavy (non-hydrogen) atoms. The van der Waals surface area contributed by atoms with E-state index in [4.69, 9.17) is 0 Å². The van der Waals surface area contributed by atoms with Gasteiger partial charge in [-0.1, -0.05) is 23.2 Å². The molecule has 0 unspecified atom stereocenters. The minimum absolute atomic E-state index is 0.0391. The minimum atomic E-state index is -4.87. The van der Waals surface area contributed by atoms with E-state index in [-0.39, 0.29) is 12.2 Å². The molecule has 0 rings (SSSR count). The fourth-order valence-corrected chi connectivity index (χ4v) is 0.461. The molecule has 0 aliphatic rings. The lowest BCUT2D eigenvalue weighted by atomic mass is 10.4. The third-order valence-electron chi connectivity index (χ3n) is 0.918. The number of halogens is 8. The molecule has 8 heteroatoms. The van der Waals surface area contributed by atoms with E-state index in [1.54, 1.807) is 0 Å². The molecule has 0 aromatic heterocycles. The first-order chi connectivity index (χ1) is 6.05. The maximum atomic E-state index is 11.6. The van der Waals surface area contributed by atoms with E-state index >= 15 is 0 Å². The van der Waals surface area contributed by atoms with Crippen LogP contribution in [0.4, 0.5) is 26.3 Å². The molecule has 0 N–H and O–H groups in total. The van der Waals surface area contributed by atoms with E-state index in [0.717, 1.165) is 0 Å². The van der Waals surface area contributed by atoms with Gasteiger partial charge in [-0.15, -0.1) is 0 Å². The maximum absolute atomic E-state index is 11.6. The Bertz CT molecular complexity index is 230. The molecule has 0 amide bonds. The molecule has 0 aliphatic heterocycles. The van der Waals surface area contributed by atoms with Crippen molar-refractivity contribution in [3.63, 3.8) is 0 Å². The van der Waals surface area contributed by atoms with Crippen molar-refractivity contribution in [1.29, 1.82) is 0 Å². The van der Waals surface area contributed by atoms with E-state index < -0.39 is 22.4 Å². The molecule has 0 aliphatic carbocycles. The Kier molecular flexibility index (Phi) is 4.33. The number of allylic oxidation sites excluding steroid dienone is 4. The SMILES string of the molecule is FC(F)(F)C(Cl)=CC=C(Cl)C(F)(F)F. The second-order valence-corrected chi connectivity index (χ2v) is 2.84. The van der Waals surface area contributed by atoms with Gasteiger partial charge in [0.1, 0.15) is 10.1 Å². The number of alkyl halides is 6. The van der Waals surface area contributed by atoms with Gasteiger partial charge in [0.2, 0.25) is 0 Å². The quantitative estimate of drug-likeness (QED) is 0.484. The van der Waals surface area contributed by atoms with Crippen LogP contribution in [0.3, 0.4) is 0 Å². The third-order valence-corrected chi connectivity index (χ3v) is 1.60. The van der Waals surface area contributed by atoms with Gasteiger partial charge in [-0.2, -0.15) is 26.3 Å². The number of rotatable bonds is 1. The molecule has 0 nitrogen and oxygen atoms in total. The summed E-state index contributed by atoms with van der Waals surface area (Å²) in [4.78, 5) is 0. The van der Waals surface area contributed by atoms with Crippen LogP contribution in [0.25, 0.3) is 0 Å². The molecule has 0 saturated carbocycles. The van der Waals surface area contributed by atoms with Crippen LogP contribution in [0.5, 0.6) is 0 Å². The lowest BCUT2D eigenvalue weighted by Crippen LogP contribution is -2.08. The molecule has 82 valence electrons. The van der Waals surface area contributed by atoms with E-state index in [1.807, 2.05) is 0 Å². The Morgan fingerprint density at radius 2 is 0.929 bits per heavy atom. The fraction of sp³-hybridized carbons (Fsp3) is 0.333. The van der Waals surface area contributed by atoms with Crippen molar-refractivity contribution >= 4 is 23.2 Å². The van der Waals surface area contributed by atoms with E-state index in [0.29, 0.717) is 0 Å². The lowest BCUT2D eigenvalue weighted by molar-refractivity contribution is -0.0866. The minimum Gasteiger partial charge on any atom is -0.165 e. The van der Waals surface area contributed by atoms with Crippen molar-refractivity contribution < 1.29 is 26.3 Å². The highest BCUT2D eigenvalue weighted by molar-refractivity contribution is 6.31. The summed E-state index contributed by atoms with van der Waals surface area (Å²) in [6.45, 7) is 0. The van der Waals surface area contributed by atoms with Crippen LogP contribution >= 0.6 is 23.2 Å². The standard InChI is InChI=1S/C6H2Cl2F6/c7-3(5(9,10)11)1-2-4(8)6(12,13)14/h1-2H. The smallest absolute Gasteiger partial charge is 0.165 e. The highest BCUT2D eigenvalue weighted by atomic mass is 35.5. The highest BCUT2D eigenvalue weighted by Crippen LogP contribution is 2.31. The molecule has 0 fully saturated rings. The van der Waals surface area contributed by atoms with Gasteiger partial charge in [0, 0.05) is 0 Å². The highest BCUT2D eigenvalue weighted by Gasteiger charge is 2.34. The van der Waals surface area contributed by atoms with Crippen LogP contribution in [0.15, 0.2) is 22.2 Å². The number of hydrogen-bond donors (Lipinski definition) is 0. The number of hydrogen-bond acceptors (Lipinski definition) is 0. The van der Waals surface area contributed by atoms with E-state index in [9.17, 15) is 26.3 Å². The fourth-order valence-electron chi connectivity index (χ4n) is 0.335. The predicted molar refractivity (Wildman–Crippen MR) is 40.0 cm³/mol. The van der Waals surface area contributed by atoms with Crippen molar-refractivity contribution in [3.05, 3.63) is 22.2 Å². The van der Waals surface area contributed by atoms with Gasteiger partial charge in [0.15, 0.2) is 0 Å². The summed E-state index contributed by atoms with van der Waals surface area (Å²) in [5.74, 6) is 0. The topological polar surface area (TPSA) is 0 Å². The molecular formula is C6H2Cl2F6. The van der Waals surface area contributed by atoms with Crippen LogP contribution < -0.4 is 0 Å². The summed E-state index contributed by atoms with van der Waals surface area (Å²) in [6, 6.07) is 0. The summed E-state index contributed by atoms with van der Waals surface area (Å²) >= 11 is 9.23. The average Bonchev–Trinajstić information content (AvgIpc) is 1.95. The molecule has 0 aromatic carbocycles. The molecule has 0 spiro atoms. The molecule has 0 radical (unpaired) electrons. The van der Waals surface area contributed by atoms with Gasteiger partial charge in [-0.3, -0.25) is 0 Å². The molecule has 0 heterocycles. The Morgan fingerprint density at radius 3 is 1.07 bits per heavy atom. The van der Waals surface area contributed by atoms with Gasteiger partial charge in [-0.25, -0.2) is 0 Å². The maximum Gasteiger partial charge on any atom is 0.426 e. The zero-order valence-electron chi connectivity index (χ0n) is 6.18. The van der Waals surface area contributed by atoms with Crippen molar-refractivity contribution in [2.24, 2.45) is 0 Å². The first-order valence-electron chi connectivity index (χ1n) is 2.92. The van der Waals surface area contributed by atoms with Gasteiger partial charge in [-0.05, 0) is 12.2 Å². The van der Waals surface area contributed by atoms with Gasteiger partial charge >= 0.3 is 12.4 Å². The molecular weight excluding hydrogens is 257 g/mol. The summed E-state index contributed by atoms with van der Waals surface area (Å²) in [5, 5.41) is -3.36. The van der Waals surface area contributed by atoms with Crippen molar-refractivity contribution in [2.45, 2.75) is 12.4 Å². The summed E-state index contributed by atoms with van der Waals surface area (Å²) in [6.07, 6.45) is -9.67. The second-order valence-electron chi connectivity index (χ2n) is 2.02. The van der Waals surface area contributed by atoms with Crippen LogP contribution in [0.2, 0.25) is 0 Å². The van der Waals surface area contributed by atoms with E-state index in [1.165, 1.54) is 0 Å². The third kappa shape index (κ3) is 4.76. The molecule has 0 saturated heterocycles. The Hall–Kier alpha value is -0.360. The van der Waals surface area contributed by atoms with Crippen LogP contribution in [-0.4, -0.2) is 12.4 Å². The average molecular weight is 259 g/mol. The summed E-state index contributed by atoms with van der Waals surface area (Å²) in [5.41, 5.74) is 0. The zero-order valence-corrected chi connectivity index (χ0v) is 7.69. The molecule has 0 bridgehead atoms. The normalized spacial score (nSPS) is 16.0. The van der Waals surface area contributed by atoms with E-state index in [2.05, 4.69) is 23.2 Å². The van der Waals surface area contributed by atoms with Crippen molar-refractivity contribution in [3.8, 4) is 0 Å². The Morgan fingerprint density at radius 1 is 0.714 bits per heavy atom. The van der Waals surface area contributed by atoms with Crippen molar-refractivity contribution in [1.82, 2.24) is 0 Å². The van der Waals surface area contributed by atoms with Crippen molar-refractivity contribution in [2.75, 3.05) is 0 Å². The van der Waals surface area contributed by atoms with Gasteiger partial charge < -0.3 is 0 Å². The second kappa shape index (κ2) is 4.44. The summed E-state index contributed by atoms with van der Waals surface area (Å²) in [7, 11) is 0.